The second-order valence-corrected chi connectivity index (χ2v) is 2.23. The van der Waals surface area contributed by atoms with Crippen LogP contribution in [0, 0.1) is 0 Å². The Bertz CT molecular complexity index is 116. The van der Waals surface area contributed by atoms with Crippen LogP contribution in [-0.2, 0) is 9.53 Å². The lowest BCUT2D eigenvalue weighted by Gasteiger charge is -2.11. The van der Waals surface area contributed by atoms with Crippen molar-refractivity contribution in [3.63, 3.8) is 0 Å². The highest BCUT2D eigenvalue weighted by atomic mass is 16.5. The minimum absolute atomic E-state index is 0.0916. The maximum atomic E-state index is 10.2. The number of methoxy groups -OCH3 is 1. The van der Waals surface area contributed by atoms with Gasteiger partial charge in [0.1, 0.15) is 6.04 Å². The van der Waals surface area contributed by atoms with E-state index in [-0.39, 0.29) is 6.10 Å². The average Bonchev–Trinajstić information content (AvgIpc) is 1.87. The quantitative estimate of drug-likeness (QED) is 0.578. The lowest BCUT2D eigenvalue weighted by molar-refractivity contribution is -0.139. The van der Waals surface area contributed by atoms with Gasteiger partial charge in [-0.25, -0.2) is 0 Å². The van der Waals surface area contributed by atoms with Gasteiger partial charge < -0.3 is 15.6 Å². The number of carbonyl (C=O) groups is 1. The normalized spacial score (nSPS) is 16.3. The second-order valence-electron chi connectivity index (χ2n) is 2.23. The molecule has 10 heavy (non-hydrogen) atoms. The maximum absolute atomic E-state index is 10.2. The van der Waals surface area contributed by atoms with Gasteiger partial charge in [0.25, 0.3) is 0 Å². The Labute approximate surface area is 60.0 Å². The molecule has 0 bridgehead atoms. The number of hydrogen-bond donors (Lipinski definition) is 2. The number of carboxylic acids is 1. The van der Waals surface area contributed by atoms with Crippen LogP contribution in [0.4, 0.5) is 0 Å². The summed E-state index contributed by atoms with van der Waals surface area (Å²) in [6.07, 6.45) is 0.261. The molecule has 2 atom stereocenters. The van der Waals surface area contributed by atoms with Gasteiger partial charge in [-0.05, 0) is 13.3 Å². The van der Waals surface area contributed by atoms with Crippen LogP contribution in [-0.4, -0.2) is 30.3 Å². The Kier molecular flexibility index (Phi) is 3.99. The molecule has 0 saturated heterocycles. The van der Waals surface area contributed by atoms with Crippen molar-refractivity contribution in [1.29, 1.82) is 0 Å². The summed E-state index contributed by atoms with van der Waals surface area (Å²) in [6.45, 7) is 1.78. The van der Waals surface area contributed by atoms with E-state index in [0.717, 1.165) is 0 Å². The zero-order chi connectivity index (χ0) is 8.15. The van der Waals surface area contributed by atoms with E-state index in [9.17, 15) is 4.79 Å². The molecule has 0 aromatic rings. The molecule has 0 aromatic heterocycles. The Hall–Kier alpha value is -0.610. The van der Waals surface area contributed by atoms with E-state index in [1.165, 1.54) is 7.11 Å². The zero-order valence-electron chi connectivity index (χ0n) is 6.20. The number of carboxylic acid groups (broad SMARTS) is 1. The van der Waals surface area contributed by atoms with E-state index in [0.29, 0.717) is 6.42 Å². The van der Waals surface area contributed by atoms with Gasteiger partial charge in [0.15, 0.2) is 0 Å². The third-order valence-corrected chi connectivity index (χ3v) is 1.31. The highest BCUT2D eigenvalue weighted by Gasteiger charge is 2.14. The van der Waals surface area contributed by atoms with Crippen LogP contribution in [0.25, 0.3) is 0 Å². The Morgan fingerprint density at radius 1 is 1.80 bits per heavy atom. The number of ether oxygens (including phenoxy) is 1. The van der Waals surface area contributed by atoms with Gasteiger partial charge in [0.2, 0.25) is 0 Å². The lowest BCUT2D eigenvalue weighted by Crippen LogP contribution is -2.33. The van der Waals surface area contributed by atoms with Crippen molar-refractivity contribution in [3.8, 4) is 0 Å². The van der Waals surface area contributed by atoms with E-state index >= 15 is 0 Å². The third-order valence-electron chi connectivity index (χ3n) is 1.31. The van der Waals surface area contributed by atoms with Crippen molar-refractivity contribution in [2.75, 3.05) is 7.11 Å². The molecule has 0 heterocycles. The summed E-state index contributed by atoms with van der Waals surface area (Å²) in [5.41, 5.74) is 5.21. The van der Waals surface area contributed by atoms with E-state index in [2.05, 4.69) is 0 Å². The first-order valence-corrected chi connectivity index (χ1v) is 3.09. The van der Waals surface area contributed by atoms with Gasteiger partial charge in [0, 0.05) is 7.11 Å². The van der Waals surface area contributed by atoms with Crippen molar-refractivity contribution in [3.05, 3.63) is 0 Å². The third kappa shape index (κ3) is 3.42. The van der Waals surface area contributed by atoms with Gasteiger partial charge in [-0.1, -0.05) is 0 Å². The molecule has 60 valence electrons. The summed E-state index contributed by atoms with van der Waals surface area (Å²) in [7, 11) is 1.53. The van der Waals surface area contributed by atoms with E-state index in [1.807, 2.05) is 0 Å². The molecule has 1 unspecified atom stereocenters. The van der Waals surface area contributed by atoms with Crippen LogP contribution in [0.15, 0.2) is 0 Å². The van der Waals surface area contributed by atoms with Crippen molar-refractivity contribution in [2.24, 2.45) is 5.73 Å². The first kappa shape index (κ1) is 9.39. The lowest BCUT2D eigenvalue weighted by atomic mass is 10.1. The molecule has 4 heteroatoms. The highest BCUT2D eigenvalue weighted by molar-refractivity contribution is 5.73. The zero-order valence-corrected chi connectivity index (χ0v) is 6.20. The summed E-state index contributed by atoms with van der Waals surface area (Å²) in [6, 6.07) is -0.810. The maximum Gasteiger partial charge on any atom is 0.320 e. The summed E-state index contributed by atoms with van der Waals surface area (Å²) >= 11 is 0. The monoisotopic (exact) mass is 147 g/mol. The molecule has 0 aromatic carbocycles. The van der Waals surface area contributed by atoms with Gasteiger partial charge in [-0.15, -0.1) is 0 Å². The summed E-state index contributed by atoms with van der Waals surface area (Å²) in [4.78, 5) is 10.2. The number of nitrogens with two attached hydrogens (primary N) is 1. The smallest absolute Gasteiger partial charge is 0.320 e. The van der Waals surface area contributed by atoms with Crippen LogP contribution < -0.4 is 5.73 Å². The van der Waals surface area contributed by atoms with Crippen LogP contribution in [0.1, 0.15) is 13.3 Å². The SMILES string of the molecule is COC(C)C[C@H](N)C(=O)O. The molecule has 0 fully saturated rings. The van der Waals surface area contributed by atoms with Gasteiger partial charge in [-0.2, -0.15) is 0 Å². The number of hydrogen-bond acceptors (Lipinski definition) is 3. The van der Waals surface area contributed by atoms with Gasteiger partial charge >= 0.3 is 5.97 Å². The van der Waals surface area contributed by atoms with Crippen LogP contribution in [0.2, 0.25) is 0 Å². The molecule has 4 nitrogen and oxygen atoms in total. The summed E-state index contributed by atoms with van der Waals surface area (Å²) in [5.74, 6) is -0.982. The van der Waals surface area contributed by atoms with Gasteiger partial charge in [-0.3, -0.25) is 4.79 Å². The summed E-state index contributed by atoms with van der Waals surface area (Å²) in [5, 5.41) is 8.35. The highest BCUT2D eigenvalue weighted by Crippen LogP contribution is 1.98. The average molecular weight is 147 g/mol. The predicted octanol–water partition coefficient (Wildman–Crippen LogP) is -0.177. The van der Waals surface area contributed by atoms with E-state index < -0.39 is 12.0 Å². The molecule has 0 spiro atoms. The fraction of sp³-hybridized carbons (Fsp3) is 0.833. The first-order chi connectivity index (χ1) is 4.57. The molecule has 0 aliphatic rings. The summed E-state index contributed by atoms with van der Waals surface area (Å²) < 4.78 is 4.83. The van der Waals surface area contributed by atoms with Crippen molar-refractivity contribution in [2.45, 2.75) is 25.5 Å². The largest absolute Gasteiger partial charge is 0.480 e. The molecular formula is C6H13NO3. The molecular weight excluding hydrogens is 134 g/mol. The molecule has 0 aliphatic carbocycles. The van der Waals surface area contributed by atoms with Crippen molar-refractivity contribution < 1.29 is 14.6 Å². The molecule has 0 aliphatic heterocycles. The topological polar surface area (TPSA) is 72.5 Å². The Balaban J connectivity index is 3.56. The molecule has 0 saturated carbocycles. The first-order valence-electron chi connectivity index (χ1n) is 3.09. The molecule has 0 rings (SSSR count). The molecule has 0 radical (unpaired) electrons. The Morgan fingerprint density at radius 3 is 2.60 bits per heavy atom. The van der Waals surface area contributed by atoms with Crippen molar-refractivity contribution in [1.82, 2.24) is 0 Å². The predicted molar refractivity (Wildman–Crippen MR) is 36.7 cm³/mol. The standard InChI is InChI=1S/C6H13NO3/c1-4(10-2)3-5(7)6(8)9/h4-5H,3,7H2,1-2H3,(H,8,9)/t4?,5-/m0/s1. The number of rotatable bonds is 4. The number of aliphatic carboxylic acids is 1. The molecule has 3 N–H and O–H groups in total. The van der Waals surface area contributed by atoms with Crippen molar-refractivity contribution >= 4 is 5.97 Å². The molecule has 0 amide bonds. The van der Waals surface area contributed by atoms with E-state index in [1.54, 1.807) is 6.92 Å². The Morgan fingerprint density at radius 2 is 2.30 bits per heavy atom. The van der Waals surface area contributed by atoms with Crippen LogP contribution in [0.5, 0.6) is 0 Å². The fourth-order valence-corrected chi connectivity index (χ4v) is 0.555. The minimum atomic E-state index is -0.982. The van der Waals surface area contributed by atoms with Gasteiger partial charge in [0.05, 0.1) is 6.10 Å². The second kappa shape index (κ2) is 4.24. The van der Waals surface area contributed by atoms with Crippen LogP contribution in [0.3, 0.4) is 0 Å². The fourth-order valence-electron chi connectivity index (χ4n) is 0.555. The van der Waals surface area contributed by atoms with E-state index in [4.69, 9.17) is 15.6 Å². The minimum Gasteiger partial charge on any atom is -0.480 e. The van der Waals surface area contributed by atoms with Crippen LogP contribution >= 0.6 is 0 Å².